The van der Waals surface area contributed by atoms with E-state index in [0.29, 0.717) is 12.1 Å². The largest absolute Gasteiger partial charge is 0.398 e. The minimum atomic E-state index is -0.0689. The zero-order chi connectivity index (χ0) is 15.5. The summed E-state index contributed by atoms with van der Waals surface area (Å²) in [6.45, 7) is 3.56. The topological polar surface area (TPSA) is 58.4 Å². The van der Waals surface area contributed by atoms with Gasteiger partial charge in [-0.3, -0.25) is 10.2 Å². The number of nitrogen functional groups attached to an aromatic ring is 1. The number of rotatable bonds is 3. The molecule has 0 atom stereocenters. The molecule has 0 saturated heterocycles. The van der Waals surface area contributed by atoms with Crippen LogP contribution in [0.25, 0.3) is 0 Å². The van der Waals surface area contributed by atoms with Crippen LogP contribution in [0.2, 0.25) is 0 Å². The SMILES string of the molecule is CCc1ccc(C(=O)NN2CCc3cccc(N)c3C2)cc1. The standard InChI is InChI=1S/C18H21N3O/c1-2-13-6-8-15(9-7-13)18(22)20-21-11-10-14-4-3-5-17(19)16(14)12-21/h3-9H,2,10-12,19H2,1H3,(H,20,22). The van der Waals surface area contributed by atoms with Crippen molar-refractivity contribution in [1.29, 1.82) is 0 Å². The second-order valence-electron chi connectivity index (χ2n) is 5.65. The highest BCUT2D eigenvalue weighted by atomic mass is 16.2. The maximum Gasteiger partial charge on any atom is 0.265 e. The van der Waals surface area contributed by atoms with Crippen LogP contribution in [-0.2, 0) is 19.4 Å². The lowest BCUT2D eigenvalue weighted by atomic mass is 9.99. The summed E-state index contributed by atoms with van der Waals surface area (Å²) in [4.78, 5) is 12.3. The number of carbonyl (C=O) groups excluding carboxylic acids is 1. The molecule has 2 aromatic carbocycles. The third-order valence-corrected chi connectivity index (χ3v) is 4.19. The molecule has 0 fully saturated rings. The summed E-state index contributed by atoms with van der Waals surface area (Å²) in [6, 6.07) is 13.7. The van der Waals surface area contributed by atoms with Gasteiger partial charge in [0.05, 0.1) is 0 Å². The fraction of sp³-hybridized carbons (Fsp3) is 0.278. The normalized spacial score (nSPS) is 14.4. The van der Waals surface area contributed by atoms with Crippen molar-refractivity contribution in [1.82, 2.24) is 10.4 Å². The number of hydrazine groups is 1. The molecule has 114 valence electrons. The zero-order valence-electron chi connectivity index (χ0n) is 12.8. The Balaban J connectivity index is 1.69. The van der Waals surface area contributed by atoms with E-state index in [1.165, 1.54) is 11.1 Å². The molecule has 1 aliphatic heterocycles. The van der Waals surface area contributed by atoms with Crippen molar-refractivity contribution in [2.24, 2.45) is 0 Å². The van der Waals surface area contributed by atoms with Crippen molar-refractivity contribution in [3.05, 3.63) is 64.7 Å². The molecule has 3 N–H and O–H groups in total. The van der Waals surface area contributed by atoms with Crippen molar-refractivity contribution in [3.63, 3.8) is 0 Å². The Morgan fingerprint density at radius 1 is 1.23 bits per heavy atom. The fourth-order valence-corrected chi connectivity index (χ4v) is 2.80. The van der Waals surface area contributed by atoms with E-state index in [4.69, 9.17) is 5.73 Å². The van der Waals surface area contributed by atoms with Gasteiger partial charge in [-0.2, -0.15) is 0 Å². The van der Waals surface area contributed by atoms with Crippen LogP contribution in [0.5, 0.6) is 0 Å². The molecule has 3 rings (SSSR count). The van der Waals surface area contributed by atoms with Crippen LogP contribution in [0.4, 0.5) is 5.69 Å². The molecule has 1 heterocycles. The average molecular weight is 295 g/mol. The Hall–Kier alpha value is -2.33. The number of aryl methyl sites for hydroxylation is 1. The van der Waals surface area contributed by atoms with Gasteiger partial charge in [-0.1, -0.05) is 31.2 Å². The van der Waals surface area contributed by atoms with Crippen LogP contribution in [0.15, 0.2) is 42.5 Å². The maximum atomic E-state index is 12.3. The summed E-state index contributed by atoms with van der Waals surface area (Å²) in [6.07, 6.45) is 1.87. The molecule has 4 heteroatoms. The predicted octanol–water partition coefficient (Wildman–Crippen LogP) is 2.53. The van der Waals surface area contributed by atoms with Crippen molar-refractivity contribution in [3.8, 4) is 0 Å². The molecule has 0 radical (unpaired) electrons. The first-order chi connectivity index (χ1) is 10.7. The number of fused-ring (bicyclic) bond motifs is 1. The van der Waals surface area contributed by atoms with E-state index in [0.717, 1.165) is 30.6 Å². The second-order valence-corrected chi connectivity index (χ2v) is 5.65. The number of anilines is 1. The monoisotopic (exact) mass is 295 g/mol. The molecule has 0 aliphatic carbocycles. The quantitative estimate of drug-likeness (QED) is 0.856. The lowest BCUT2D eigenvalue weighted by molar-refractivity contribution is 0.0764. The van der Waals surface area contributed by atoms with E-state index in [2.05, 4.69) is 18.4 Å². The summed E-state index contributed by atoms with van der Waals surface area (Å²) in [5, 5.41) is 1.94. The fourth-order valence-electron chi connectivity index (χ4n) is 2.80. The molecule has 0 spiro atoms. The van der Waals surface area contributed by atoms with Crippen LogP contribution in [0, 0.1) is 0 Å². The predicted molar refractivity (Wildman–Crippen MR) is 88.3 cm³/mol. The van der Waals surface area contributed by atoms with Gasteiger partial charge in [-0.05, 0) is 47.7 Å². The van der Waals surface area contributed by atoms with Crippen molar-refractivity contribution < 1.29 is 4.79 Å². The minimum absolute atomic E-state index is 0.0689. The van der Waals surface area contributed by atoms with Gasteiger partial charge in [0.1, 0.15) is 0 Å². The van der Waals surface area contributed by atoms with Crippen LogP contribution in [-0.4, -0.2) is 17.5 Å². The number of nitrogens with zero attached hydrogens (tertiary/aromatic N) is 1. The van der Waals surface area contributed by atoms with E-state index in [-0.39, 0.29) is 5.91 Å². The van der Waals surface area contributed by atoms with E-state index in [1.807, 2.05) is 41.4 Å². The van der Waals surface area contributed by atoms with E-state index >= 15 is 0 Å². The van der Waals surface area contributed by atoms with Crippen LogP contribution in [0.3, 0.4) is 0 Å². The molecule has 0 saturated carbocycles. The van der Waals surface area contributed by atoms with Crippen LogP contribution < -0.4 is 11.2 Å². The molecule has 0 unspecified atom stereocenters. The number of nitrogens with two attached hydrogens (primary N) is 1. The summed E-state index contributed by atoms with van der Waals surface area (Å²) in [7, 11) is 0. The minimum Gasteiger partial charge on any atom is -0.398 e. The Morgan fingerprint density at radius 3 is 2.73 bits per heavy atom. The Kier molecular flexibility index (Phi) is 4.11. The Bertz CT molecular complexity index is 679. The van der Waals surface area contributed by atoms with E-state index < -0.39 is 0 Å². The maximum absolute atomic E-state index is 12.3. The first-order valence-electron chi connectivity index (χ1n) is 7.68. The molecular formula is C18H21N3O. The van der Waals surface area contributed by atoms with E-state index in [1.54, 1.807) is 0 Å². The van der Waals surface area contributed by atoms with Crippen LogP contribution >= 0.6 is 0 Å². The van der Waals surface area contributed by atoms with Gasteiger partial charge in [-0.25, -0.2) is 5.01 Å². The lowest BCUT2D eigenvalue weighted by Gasteiger charge is -2.29. The average Bonchev–Trinajstić information content (AvgIpc) is 2.55. The first-order valence-corrected chi connectivity index (χ1v) is 7.68. The number of carbonyl (C=O) groups is 1. The summed E-state index contributed by atoms with van der Waals surface area (Å²) in [5.74, 6) is -0.0689. The highest BCUT2D eigenvalue weighted by Crippen LogP contribution is 2.23. The summed E-state index contributed by atoms with van der Waals surface area (Å²) >= 11 is 0. The second kappa shape index (κ2) is 6.20. The third-order valence-electron chi connectivity index (χ3n) is 4.19. The van der Waals surface area contributed by atoms with Gasteiger partial charge in [0.25, 0.3) is 5.91 Å². The Morgan fingerprint density at radius 2 is 2.00 bits per heavy atom. The molecule has 4 nitrogen and oxygen atoms in total. The van der Waals surface area contributed by atoms with Gasteiger partial charge >= 0.3 is 0 Å². The highest BCUT2D eigenvalue weighted by Gasteiger charge is 2.19. The van der Waals surface area contributed by atoms with Crippen LogP contribution in [0.1, 0.15) is 34.0 Å². The van der Waals surface area contributed by atoms with Gasteiger partial charge in [-0.15, -0.1) is 0 Å². The number of hydrogen-bond acceptors (Lipinski definition) is 3. The molecule has 1 amide bonds. The Labute approximate surface area is 130 Å². The molecule has 1 aliphatic rings. The van der Waals surface area contributed by atoms with Crippen molar-refractivity contribution in [2.75, 3.05) is 12.3 Å². The van der Waals surface area contributed by atoms with Gasteiger partial charge in [0, 0.05) is 24.3 Å². The molecule has 0 bridgehead atoms. The van der Waals surface area contributed by atoms with Gasteiger partial charge < -0.3 is 5.73 Å². The number of benzene rings is 2. The van der Waals surface area contributed by atoms with E-state index in [9.17, 15) is 4.79 Å². The third kappa shape index (κ3) is 2.97. The van der Waals surface area contributed by atoms with Gasteiger partial charge in [0.2, 0.25) is 0 Å². The molecule has 2 aromatic rings. The molecule has 0 aromatic heterocycles. The first kappa shape index (κ1) is 14.6. The molecular weight excluding hydrogens is 274 g/mol. The van der Waals surface area contributed by atoms with Crippen molar-refractivity contribution in [2.45, 2.75) is 26.3 Å². The number of nitrogens with one attached hydrogen (secondary N) is 1. The smallest absolute Gasteiger partial charge is 0.265 e. The summed E-state index contributed by atoms with van der Waals surface area (Å²) < 4.78 is 0. The number of amides is 1. The number of hydrogen-bond donors (Lipinski definition) is 2. The van der Waals surface area contributed by atoms with Gasteiger partial charge in [0.15, 0.2) is 0 Å². The zero-order valence-corrected chi connectivity index (χ0v) is 12.8. The lowest BCUT2D eigenvalue weighted by Crippen LogP contribution is -2.45. The summed E-state index contributed by atoms with van der Waals surface area (Å²) in [5.41, 5.74) is 14.1. The van der Waals surface area contributed by atoms with Crippen molar-refractivity contribution >= 4 is 11.6 Å². The molecule has 22 heavy (non-hydrogen) atoms. The highest BCUT2D eigenvalue weighted by molar-refractivity contribution is 5.93.